The zero-order valence-corrected chi connectivity index (χ0v) is 11.4. The van der Waals surface area contributed by atoms with Crippen LogP contribution in [0, 0.1) is 13.8 Å². The van der Waals surface area contributed by atoms with Gasteiger partial charge in [0.15, 0.2) is 0 Å². The maximum absolute atomic E-state index is 11.8. The highest BCUT2D eigenvalue weighted by molar-refractivity contribution is 5.93. The average Bonchev–Trinajstić information content (AvgIpc) is 2.32. The molecule has 0 unspecified atom stereocenters. The summed E-state index contributed by atoms with van der Waals surface area (Å²) in [5, 5.41) is 11.6. The van der Waals surface area contributed by atoms with Crippen LogP contribution in [0.2, 0.25) is 0 Å². The molecular formula is C14H22N2O2. The molecule has 0 aliphatic carbocycles. The molecule has 1 aromatic carbocycles. The standard InChI is InChI=1S/C14H22N2O2/c1-11-6-4-7-13(12(11)2)15-14(18)10-16(3)8-5-9-17/h4,6-7,17H,5,8-10H2,1-3H3,(H,15,18). The molecule has 4 heteroatoms. The fraction of sp³-hybridized carbons (Fsp3) is 0.500. The first-order valence-corrected chi connectivity index (χ1v) is 6.20. The Labute approximate surface area is 109 Å². The van der Waals surface area contributed by atoms with Crippen molar-refractivity contribution in [1.82, 2.24) is 4.90 Å². The molecule has 100 valence electrons. The molecular weight excluding hydrogens is 228 g/mol. The maximum Gasteiger partial charge on any atom is 0.238 e. The Kier molecular flexibility index (Phi) is 5.82. The molecule has 0 radical (unpaired) electrons. The van der Waals surface area contributed by atoms with Crippen LogP contribution < -0.4 is 5.32 Å². The van der Waals surface area contributed by atoms with E-state index in [9.17, 15) is 4.79 Å². The van der Waals surface area contributed by atoms with Gasteiger partial charge in [0.2, 0.25) is 5.91 Å². The lowest BCUT2D eigenvalue weighted by Gasteiger charge is -2.16. The van der Waals surface area contributed by atoms with Gasteiger partial charge in [-0.3, -0.25) is 9.69 Å². The number of hydrogen-bond acceptors (Lipinski definition) is 3. The first-order chi connectivity index (χ1) is 8.54. The number of rotatable bonds is 6. The Balaban J connectivity index is 2.52. The van der Waals surface area contributed by atoms with E-state index in [1.165, 1.54) is 5.56 Å². The van der Waals surface area contributed by atoms with Gasteiger partial charge < -0.3 is 10.4 Å². The smallest absolute Gasteiger partial charge is 0.238 e. The summed E-state index contributed by atoms with van der Waals surface area (Å²) in [5.41, 5.74) is 3.14. The third-order valence-electron chi connectivity index (χ3n) is 2.99. The van der Waals surface area contributed by atoms with Crippen molar-refractivity contribution in [3.05, 3.63) is 29.3 Å². The van der Waals surface area contributed by atoms with Gasteiger partial charge in [-0.05, 0) is 44.5 Å². The average molecular weight is 250 g/mol. The number of amides is 1. The number of nitrogens with zero attached hydrogens (tertiary/aromatic N) is 1. The SMILES string of the molecule is Cc1cccc(NC(=O)CN(C)CCCO)c1C. The summed E-state index contributed by atoms with van der Waals surface area (Å²) >= 11 is 0. The Bertz CT molecular complexity index is 405. The largest absolute Gasteiger partial charge is 0.396 e. The molecule has 2 N–H and O–H groups in total. The van der Waals surface area contributed by atoms with Gasteiger partial charge in [-0.25, -0.2) is 0 Å². The molecule has 0 saturated carbocycles. The molecule has 0 aliphatic rings. The number of benzene rings is 1. The summed E-state index contributed by atoms with van der Waals surface area (Å²) in [6.07, 6.45) is 0.688. The summed E-state index contributed by atoms with van der Waals surface area (Å²) < 4.78 is 0. The Morgan fingerprint density at radius 2 is 2.11 bits per heavy atom. The third kappa shape index (κ3) is 4.47. The topological polar surface area (TPSA) is 52.6 Å². The molecule has 0 heterocycles. The summed E-state index contributed by atoms with van der Waals surface area (Å²) in [6.45, 7) is 5.24. The van der Waals surface area contributed by atoms with Crippen molar-refractivity contribution in [1.29, 1.82) is 0 Å². The van der Waals surface area contributed by atoms with Gasteiger partial charge in [0.25, 0.3) is 0 Å². The summed E-state index contributed by atoms with van der Waals surface area (Å²) in [4.78, 5) is 13.7. The number of aryl methyl sites for hydroxylation is 1. The van der Waals surface area contributed by atoms with E-state index in [0.717, 1.165) is 17.8 Å². The van der Waals surface area contributed by atoms with Crippen LogP contribution >= 0.6 is 0 Å². The van der Waals surface area contributed by atoms with Crippen LogP contribution in [-0.4, -0.2) is 42.7 Å². The van der Waals surface area contributed by atoms with E-state index in [-0.39, 0.29) is 12.5 Å². The number of likely N-dealkylation sites (N-methyl/N-ethyl adjacent to an activating group) is 1. The van der Waals surface area contributed by atoms with Crippen LogP contribution in [0.5, 0.6) is 0 Å². The number of nitrogens with one attached hydrogen (secondary N) is 1. The van der Waals surface area contributed by atoms with E-state index >= 15 is 0 Å². The summed E-state index contributed by atoms with van der Waals surface area (Å²) in [5.74, 6) is -0.0239. The van der Waals surface area contributed by atoms with E-state index in [4.69, 9.17) is 5.11 Å². The van der Waals surface area contributed by atoms with Gasteiger partial charge in [-0.1, -0.05) is 12.1 Å². The number of carbonyl (C=O) groups excluding carboxylic acids is 1. The zero-order chi connectivity index (χ0) is 13.5. The molecule has 0 spiro atoms. The van der Waals surface area contributed by atoms with E-state index in [0.29, 0.717) is 13.0 Å². The quantitative estimate of drug-likeness (QED) is 0.805. The predicted molar refractivity (Wildman–Crippen MR) is 73.7 cm³/mol. The second-order valence-electron chi connectivity index (χ2n) is 4.61. The number of carbonyl (C=O) groups is 1. The molecule has 0 fully saturated rings. The molecule has 18 heavy (non-hydrogen) atoms. The van der Waals surface area contributed by atoms with Gasteiger partial charge in [0, 0.05) is 18.8 Å². The van der Waals surface area contributed by atoms with Crippen molar-refractivity contribution in [2.24, 2.45) is 0 Å². The highest BCUT2D eigenvalue weighted by Gasteiger charge is 2.08. The second kappa shape index (κ2) is 7.13. The van der Waals surface area contributed by atoms with Gasteiger partial charge in [-0.15, -0.1) is 0 Å². The van der Waals surface area contributed by atoms with Crippen LogP contribution in [0.3, 0.4) is 0 Å². The lowest BCUT2D eigenvalue weighted by atomic mass is 10.1. The molecule has 1 rings (SSSR count). The minimum absolute atomic E-state index is 0.0239. The van der Waals surface area contributed by atoms with E-state index in [2.05, 4.69) is 5.32 Å². The number of aliphatic hydroxyl groups is 1. The minimum Gasteiger partial charge on any atom is -0.396 e. The molecule has 0 bridgehead atoms. The lowest BCUT2D eigenvalue weighted by molar-refractivity contribution is -0.117. The molecule has 0 aromatic heterocycles. The van der Waals surface area contributed by atoms with E-state index in [1.54, 1.807) is 0 Å². The minimum atomic E-state index is -0.0239. The number of anilines is 1. The van der Waals surface area contributed by atoms with Crippen molar-refractivity contribution < 1.29 is 9.90 Å². The Morgan fingerprint density at radius 3 is 2.78 bits per heavy atom. The zero-order valence-electron chi connectivity index (χ0n) is 11.4. The fourth-order valence-corrected chi connectivity index (χ4v) is 1.74. The van der Waals surface area contributed by atoms with E-state index < -0.39 is 0 Å². The van der Waals surface area contributed by atoms with Gasteiger partial charge in [0.1, 0.15) is 0 Å². The number of aliphatic hydroxyl groups excluding tert-OH is 1. The highest BCUT2D eigenvalue weighted by Crippen LogP contribution is 2.17. The molecule has 4 nitrogen and oxygen atoms in total. The van der Waals surface area contributed by atoms with Crippen molar-refractivity contribution in [3.8, 4) is 0 Å². The molecule has 0 atom stereocenters. The third-order valence-corrected chi connectivity index (χ3v) is 2.99. The van der Waals surface area contributed by atoms with Crippen LogP contribution in [-0.2, 0) is 4.79 Å². The monoisotopic (exact) mass is 250 g/mol. The van der Waals surface area contributed by atoms with Gasteiger partial charge >= 0.3 is 0 Å². The van der Waals surface area contributed by atoms with Gasteiger partial charge in [-0.2, -0.15) is 0 Å². The summed E-state index contributed by atoms with van der Waals surface area (Å²) in [6, 6.07) is 5.87. The Morgan fingerprint density at radius 1 is 1.39 bits per heavy atom. The molecule has 1 amide bonds. The van der Waals surface area contributed by atoms with Crippen LogP contribution in [0.15, 0.2) is 18.2 Å². The van der Waals surface area contributed by atoms with Crippen LogP contribution in [0.4, 0.5) is 5.69 Å². The highest BCUT2D eigenvalue weighted by atomic mass is 16.3. The Hall–Kier alpha value is -1.39. The van der Waals surface area contributed by atoms with Crippen LogP contribution in [0.1, 0.15) is 17.5 Å². The van der Waals surface area contributed by atoms with Crippen molar-refractivity contribution >= 4 is 11.6 Å². The normalized spacial score (nSPS) is 10.7. The molecule has 0 aliphatic heterocycles. The van der Waals surface area contributed by atoms with Gasteiger partial charge in [0.05, 0.1) is 6.54 Å². The van der Waals surface area contributed by atoms with Crippen molar-refractivity contribution in [2.75, 3.05) is 32.1 Å². The second-order valence-corrected chi connectivity index (χ2v) is 4.61. The first kappa shape index (κ1) is 14.7. The predicted octanol–water partition coefficient (Wildman–Crippen LogP) is 1.56. The van der Waals surface area contributed by atoms with Crippen molar-refractivity contribution in [3.63, 3.8) is 0 Å². The fourth-order valence-electron chi connectivity index (χ4n) is 1.74. The maximum atomic E-state index is 11.8. The number of hydrogen-bond donors (Lipinski definition) is 2. The summed E-state index contributed by atoms with van der Waals surface area (Å²) in [7, 11) is 1.87. The lowest BCUT2D eigenvalue weighted by Crippen LogP contribution is -2.31. The van der Waals surface area contributed by atoms with E-state index in [1.807, 2.05) is 44.0 Å². The van der Waals surface area contributed by atoms with Crippen LogP contribution in [0.25, 0.3) is 0 Å². The first-order valence-electron chi connectivity index (χ1n) is 6.20. The van der Waals surface area contributed by atoms with Crippen molar-refractivity contribution in [2.45, 2.75) is 20.3 Å². The molecule has 1 aromatic rings. The molecule has 0 saturated heterocycles.